The summed E-state index contributed by atoms with van der Waals surface area (Å²) < 4.78 is 10.9. The minimum Gasteiger partial charge on any atom is -1.00 e. The Hall–Kier alpha value is -3.01. The number of aliphatic hydroxyl groups is 1. The standard InChI is InChI=1S/C25H27N3O5.BrH/c1-28(17-23(29)26-22-14-16-33-27-22)15-8-13-21(28)18-32-24(30)25(31,19-9-4-2-5-10-19)20-11-6-3-7-12-20;/h2-7,9-12,14,16,21,31H,8,13,15,17-18H2,1H3;1H. The van der Waals surface area contributed by atoms with Gasteiger partial charge in [-0.2, -0.15) is 0 Å². The van der Waals surface area contributed by atoms with Gasteiger partial charge in [0.05, 0.1) is 13.6 Å². The lowest BCUT2D eigenvalue weighted by Gasteiger charge is -2.35. The number of likely N-dealkylation sites (N-methyl/N-ethyl adjacent to an activating group) is 1. The molecule has 2 unspecified atom stereocenters. The van der Waals surface area contributed by atoms with Crippen LogP contribution in [0.1, 0.15) is 24.0 Å². The van der Waals surface area contributed by atoms with E-state index in [1.54, 1.807) is 54.6 Å². The van der Waals surface area contributed by atoms with Gasteiger partial charge in [-0.3, -0.25) is 4.79 Å². The van der Waals surface area contributed by atoms with Crippen molar-refractivity contribution in [2.24, 2.45) is 0 Å². The van der Waals surface area contributed by atoms with Gasteiger partial charge in [-0.15, -0.1) is 0 Å². The van der Waals surface area contributed by atoms with Crippen molar-refractivity contribution in [3.63, 3.8) is 0 Å². The van der Waals surface area contributed by atoms with E-state index < -0.39 is 11.6 Å². The fraction of sp³-hybridized carbons (Fsp3) is 0.320. The third-order valence-corrected chi connectivity index (χ3v) is 6.38. The lowest BCUT2D eigenvalue weighted by Crippen LogP contribution is -3.00. The van der Waals surface area contributed by atoms with Gasteiger partial charge in [0.25, 0.3) is 5.91 Å². The summed E-state index contributed by atoms with van der Waals surface area (Å²) in [7, 11) is 1.98. The zero-order valence-corrected chi connectivity index (χ0v) is 20.5. The highest BCUT2D eigenvalue weighted by Crippen LogP contribution is 2.32. The van der Waals surface area contributed by atoms with E-state index in [-0.39, 0.29) is 42.1 Å². The number of nitrogens with zero attached hydrogens (tertiary/aromatic N) is 2. The number of hydrogen-bond acceptors (Lipinski definition) is 6. The lowest BCUT2D eigenvalue weighted by atomic mass is 9.86. The summed E-state index contributed by atoms with van der Waals surface area (Å²) in [6.07, 6.45) is 3.12. The van der Waals surface area contributed by atoms with Gasteiger partial charge in [0.2, 0.25) is 5.60 Å². The average molecular weight is 530 g/mol. The number of ether oxygens (including phenoxy) is 1. The summed E-state index contributed by atoms with van der Waals surface area (Å²) in [5.41, 5.74) is -1.04. The molecule has 1 amide bonds. The first-order valence-corrected chi connectivity index (χ1v) is 11.0. The summed E-state index contributed by atoms with van der Waals surface area (Å²) in [4.78, 5) is 25.8. The van der Waals surface area contributed by atoms with E-state index in [1.807, 2.05) is 19.2 Å². The van der Waals surface area contributed by atoms with Crippen molar-refractivity contribution < 1.29 is 45.4 Å². The average Bonchev–Trinajstić information content (AvgIpc) is 3.47. The Balaban J connectivity index is 0.00000324. The molecule has 0 aliphatic carbocycles. The molecular weight excluding hydrogens is 502 g/mol. The van der Waals surface area contributed by atoms with Crippen LogP contribution in [-0.2, 0) is 19.9 Å². The second-order valence-electron chi connectivity index (χ2n) is 8.63. The van der Waals surface area contributed by atoms with Crippen LogP contribution in [0, 0.1) is 0 Å². The first kappa shape index (κ1) is 25.6. The van der Waals surface area contributed by atoms with Crippen LogP contribution in [0.3, 0.4) is 0 Å². The van der Waals surface area contributed by atoms with Crippen LogP contribution in [0.5, 0.6) is 0 Å². The molecule has 3 aromatic rings. The minimum atomic E-state index is -1.92. The van der Waals surface area contributed by atoms with Gasteiger partial charge < -0.3 is 41.1 Å². The normalized spacial score (nSPS) is 19.8. The molecule has 2 N–H and O–H groups in total. The monoisotopic (exact) mass is 529 g/mol. The minimum absolute atomic E-state index is 0. The maximum atomic E-state index is 13.3. The van der Waals surface area contributed by atoms with Crippen molar-refractivity contribution in [3.8, 4) is 0 Å². The molecule has 1 saturated heterocycles. The molecule has 0 saturated carbocycles. The number of quaternary nitrogens is 1. The van der Waals surface area contributed by atoms with E-state index in [4.69, 9.17) is 9.26 Å². The van der Waals surface area contributed by atoms with Crippen LogP contribution in [0.25, 0.3) is 0 Å². The summed E-state index contributed by atoms with van der Waals surface area (Å²) in [6, 6.07) is 19.1. The maximum absolute atomic E-state index is 13.3. The van der Waals surface area contributed by atoms with Crippen LogP contribution >= 0.6 is 0 Å². The van der Waals surface area contributed by atoms with Crippen molar-refractivity contribution >= 4 is 17.7 Å². The van der Waals surface area contributed by atoms with E-state index >= 15 is 0 Å². The molecule has 2 heterocycles. The van der Waals surface area contributed by atoms with Crippen LogP contribution in [0.4, 0.5) is 5.82 Å². The molecule has 2 aromatic carbocycles. The molecule has 0 bridgehead atoms. The van der Waals surface area contributed by atoms with E-state index in [0.717, 1.165) is 19.4 Å². The number of anilines is 1. The molecule has 9 heteroatoms. The number of hydrogen-bond donors (Lipinski definition) is 2. The summed E-state index contributed by atoms with van der Waals surface area (Å²) in [6.45, 7) is 1.11. The third kappa shape index (κ3) is 5.38. The Kier molecular flexibility index (Phi) is 8.24. The maximum Gasteiger partial charge on any atom is 0.347 e. The summed E-state index contributed by atoms with van der Waals surface area (Å²) in [5.74, 6) is -0.551. The van der Waals surface area contributed by atoms with Crippen LogP contribution < -0.4 is 22.3 Å². The Morgan fingerprint density at radius 3 is 2.29 bits per heavy atom. The lowest BCUT2D eigenvalue weighted by molar-refractivity contribution is -0.913. The number of amides is 1. The highest BCUT2D eigenvalue weighted by Gasteiger charge is 2.45. The number of likely N-dealkylation sites (tertiary alicyclic amines) is 1. The molecule has 180 valence electrons. The quantitative estimate of drug-likeness (QED) is 0.307. The molecular formula is C25H28BrN3O5. The highest BCUT2D eigenvalue weighted by atomic mass is 79.9. The molecule has 2 atom stereocenters. The van der Waals surface area contributed by atoms with Crippen molar-refractivity contribution in [1.82, 2.24) is 5.16 Å². The number of carbonyl (C=O) groups is 2. The molecule has 1 aliphatic rings. The molecule has 1 aromatic heterocycles. The highest BCUT2D eigenvalue weighted by molar-refractivity contribution is 5.90. The van der Waals surface area contributed by atoms with E-state index in [1.165, 1.54) is 6.26 Å². The predicted octanol–water partition coefficient (Wildman–Crippen LogP) is -0.295. The molecule has 1 fully saturated rings. The first-order valence-electron chi connectivity index (χ1n) is 11.0. The van der Waals surface area contributed by atoms with Crippen molar-refractivity contribution in [3.05, 3.63) is 84.1 Å². The van der Waals surface area contributed by atoms with Gasteiger partial charge in [-0.25, -0.2) is 4.79 Å². The Morgan fingerprint density at radius 2 is 1.74 bits per heavy atom. The topological polar surface area (TPSA) is 102 Å². The second kappa shape index (κ2) is 10.9. The van der Waals surface area contributed by atoms with Crippen LogP contribution in [-0.4, -0.2) is 59.4 Å². The van der Waals surface area contributed by atoms with Crippen molar-refractivity contribution in [1.29, 1.82) is 0 Å². The Morgan fingerprint density at radius 1 is 1.12 bits per heavy atom. The second-order valence-corrected chi connectivity index (χ2v) is 8.63. The zero-order chi connectivity index (χ0) is 23.3. The molecule has 1 aliphatic heterocycles. The first-order chi connectivity index (χ1) is 15.9. The number of nitrogens with one attached hydrogen (secondary N) is 1. The van der Waals surface area contributed by atoms with Crippen molar-refractivity contribution in [2.45, 2.75) is 24.5 Å². The van der Waals surface area contributed by atoms with E-state index in [2.05, 4.69) is 10.5 Å². The molecule has 4 rings (SSSR count). The zero-order valence-electron chi connectivity index (χ0n) is 18.9. The van der Waals surface area contributed by atoms with Crippen LogP contribution in [0.15, 0.2) is 77.5 Å². The fourth-order valence-electron chi connectivity index (χ4n) is 4.48. The predicted molar refractivity (Wildman–Crippen MR) is 121 cm³/mol. The Labute approximate surface area is 208 Å². The van der Waals surface area contributed by atoms with E-state index in [9.17, 15) is 14.7 Å². The van der Waals surface area contributed by atoms with Gasteiger partial charge in [-0.1, -0.05) is 65.8 Å². The number of benzene rings is 2. The van der Waals surface area contributed by atoms with Crippen LogP contribution in [0.2, 0.25) is 0 Å². The number of carbonyl (C=O) groups excluding carboxylic acids is 2. The number of esters is 1. The van der Waals surface area contributed by atoms with Gasteiger partial charge in [0.15, 0.2) is 12.4 Å². The fourth-order valence-corrected chi connectivity index (χ4v) is 4.48. The summed E-state index contributed by atoms with van der Waals surface area (Å²) >= 11 is 0. The third-order valence-electron chi connectivity index (χ3n) is 6.38. The molecule has 8 nitrogen and oxygen atoms in total. The number of halogens is 1. The largest absolute Gasteiger partial charge is 1.00 e. The van der Waals surface area contributed by atoms with Gasteiger partial charge >= 0.3 is 5.97 Å². The smallest absolute Gasteiger partial charge is 0.347 e. The Bertz CT molecular complexity index is 1040. The number of rotatable bonds is 8. The SMILES string of the molecule is C[N+]1(CC(=O)Nc2ccon2)CCCC1COC(=O)C(O)(c1ccccc1)c1ccccc1.[Br-]. The van der Waals surface area contributed by atoms with Gasteiger partial charge in [0, 0.05) is 18.9 Å². The molecule has 0 radical (unpaired) electrons. The molecule has 0 spiro atoms. The summed E-state index contributed by atoms with van der Waals surface area (Å²) in [5, 5.41) is 18.0. The van der Waals surface area contributed by atoms with E-state index in [0.29, 0.717) is 21.4 Å². The van der Waals surface area contributed by atoms with Crippen molar-refractivity contribution in [2.75, 3.05) is 32.1 Å². The van der Waals surface area contributed by atoms with Gasteiger partial charge in [0.1, 0.15) is 18.9 Å². The number of aromatic nitrogens is 1. The molecule has 34 heavy (non-hydrogen) atoms. The van der Waals surface area contributed by atoms with Gasteiger partial charge in [-0.05, 0) is 11.1 Å².